The molecule has 1 amide bonds. The predicted octanol–water partition coefficient (Wildman–Crippen LogP) is 3.27. The molecular weight excluding hydrogens is 412 g/mol. The molecule has 0 unspecified atom stereocenters. The molecule has 0 radical (unpaired) electrons. The van der Waals surface area contributed by atoms with Gasteiger partial charge in [0.25, 0.3) is 5.91 Å². The normalized spacial score (nSPS) is 12.3. The number of carbonyl (C=O) groups is 1. The van der Waals surface area contributed by atoms with Gasteiger partial charge in [0.15, 0.2) is 14.6 Å². The number of nitrogens with zero attached hydrogens (tertiary/aromatic N) is 2. The van der Waals surface area contributed by atoms with Gasteiger partial charge in [-0.3, -0.25) is 4.79 Å². The maximum absolute atomic E-state index is 12.7. The van der Waals surface area contributed by atoms with Crippen molar-refractivity contribution >= 4 is 37.3 Å². The van der Waals surface area contributed by atoms with E-state index in [1.54, 1.807) is 21.1 Å². The number of hydrogen-bond donors (Lipinski definition) is 0. The molecule has 9 heteroatoms. The maximum atomic E-state index is 12.7. The summed E-state index contributed by atoms with van der Waals surface area (Å²) in [5.74, 6) is 0.905. The zero-order chi connectivity index (χ0) is 21.2. The van der Waals surface area contributed by atoms with Gasteiger partial charge >= 0.3 is 0 Å². The van der Waals surface area contributed by atoms with Crippen molar-refractivity contribution < 1.29 is 22.7 Å². The summed E-state index contributed by atoms with van der Waals surface area (Å²) in [5.41, 5.74) is 1.13. The largest absolute Gasteiger partial charge is 0.495 e. The Balaban J connectivity index is 2.11. The number of rotatable bonds is 6. The van der Waals surface area contributed by atoms with Gasteiger partial charge in [0.05, 0.1) is 24.9 Å². The van der Waals surface area contributed by atoms with Crippen LogP contribution in [0.5, 0.6) is 11.5 Å². The number of ether oxygens (including phenoxy) is 2. The molecule has 0 spiro atoms. The lowest BCUT2D eigenvalue weighted by atomic mass is 10.2. The lowest BCUT2D eigenvalue weighted by molar-refractivity contribution is 0.0997. The number of benzene rings is 2. The van der Waals surface area contributed by atoms with Gasteiger partial charge in [0, 0.05) is 12.1 Å². The number of fused-ring (bicyclic) bond motifs is 1. The second-order valence-electron chi connectivity index (χ2n) is 6.12. The van der Waals surface area contributed by atoms with Crippen molar-refractivity contribution in [2.45, 2.75) is 25.3 Å². The highest BCUT2D eigenvalue weighted by molar-refractivity contribution is 7.91. The average Bonchev–Trinajstić information content (AvgIpc) is 3.11. The molecule has 0 saturated heterocycles. The van der Waals surface area contributed by atoms with E-state index in [4.69, 9.17) is 9.47 Å². The van der Waals surface area contributed by atoms with Crippen molar-refractivity contribution in [3.63, 3.8) is 0 Å². The standard InChI is InChI=1S/C20H22N2O5S2/c1-5-22-17-15(26-3)11-12-16(27-4)18(17)28-20(22)21-19(23)13-7-9-14(10-8-13)29(24,25)6-2/h7-12H,5-6H2,1-4H3. The Morgan fingerprint density at radius 3 is 2.21 bits per heavy atom. The molecule has 3 rings (SSSR count). The Labute approximate surface area is 173 Å². The predicted molar refractivity (Wildman–Crippen MR) is 113 cm³/mol. The maximum Gasteiger partial charge on any atom is 0.279 e. The minimum Gasteiger partial charge on any atom is -0.495 e. The van der Waals surface area contributed by atoms with Crippen LogP contribution >= 0.6 is 11.3 Å². The van der Waals surface area contributed by atoms with Crippen LogP contribution in [-0.4, -0.2) is 38.9 Å². The topological polar surface area (TPSA) is 87.0 Å². The van der Waals surface area contributed by atoms with Crippen molar-refractivity contribution in [3.05, 3.63) is 46.8 Å². The van der Waals surface area contributed by atoms with Crippen LogP contribution in [0.15, 0.2) is 46.3 Å². The molecule has 29 heavy (non-hydrogen) atoms. The van der Waals surface area contributed by atoms with E-state index in [9.17, 15) is 13.2 Å². The number of carbonyl (C=O) groups excluding carboxylic acids is 1. The number of sulfone groups is 1. The molecule has 1 aromatic heterocycles. The molecular formula is C20H22N2O5S2. The van der Waals surface area contributed by atoms with E-state index in [1.165, 1.54) is 35.6 Å². The lowest BCUT2D eigenvalue weighted by Gasteiger charge is -2.08. The summed E-state index contributed by atoms with van der Waals surface area (Å²) in [6.45, 7) is 4.12. The summed E-state index contributed by atoms with van der Waals surface area (Å²) in [4.78, 5) is 17.7. The van der Waals surface area contributed by atoms with Crippen LogP contribution in [0.2, 0.25) is 0 Å². The van der Waals surface area contributed by atoms with Gasteiger partial charge in [0.2, 0.25) is 0 Å². The fourth-order valence-electron chi connectivity index (χ4n) is 2.96. The van der Waals surface area contributed by atoms with E-state index in [1.807, 2.05) is 23.6 Å². The van der Waals surface area contributed by atoms with E-state index in [-0.39, 0.29) is 10.6 Å². The summed E-state index contributed by atoms with van der Waals surface area (Å²) < 4.78 is 37.5. The summed E-state index contributed by atoms with van der Waals surface area (Å²) >= 11 is 1.34. The summed E-state index contributed by atoms with van der Waals surface area (Å²) in [5, 5.41) is 0. The molecule has 0 fully saturated rings. The lowest BCUT2D eigenvalue weighted by Crippen LogP contribution is -2.16. The number of aromatic nitrogens is 1. The van der Waals surface area contributed by atoms with Gasteiger partial charge in [-0.25, -0.2) is 8.42 Å². The van der Waals surface area contributed by atoms with Crippen molar-refractivity contribution in [1.29, 1.82) is 0 Å². The smallest absolute Gasteiger partial charge is 0.279 e. The first-order chi connectivity index (χ1) is 13.9. The summed E-state index contributed by atoms with van der Waals surface area (Å²) in [6.07, 6.45) is 0. The van der Waals surface area contributed by atoms with Gasteiger partial charge in [-0.15, -0.1) is 0 Å². The first kappa shape index (κ1) is 21.1. The van der Waals surface area contributed by atoms with Crippen LogP contribution in [-0.2, 0) is 16.4 Å². The quantitative estimate of drug-likeness (QED) is 0.594. The SMILES string of the molecule is CCn1c(=NC(=O)c2ccc(S(=O)(=O)CC)cc2)sc2c(OC)ccc(OC)c21. The van der Waals surface area contributed by atoms with Gasteiger partial charge in [0.1, 0.15) is 21.7 Å². The third-order valence-corrected chi connectivity index (χ3v) is 7.39. The van der Waals surface area contributed by atoms with Crippen LogP contribution in [0, 0.1) is 0 Å². The number of thiazole rings is 1. The molecule has 0 N–H and O–H groups in total. The highest BCUT2D eigenvalue weighted by Gasteiger charge is 2.17. The first-order valence-corrected chi connectivity index (χ1v) is 11.5. The van der Waals surface area contributed by atoms with Gasteiger partial charge in [-0.05, 0) is 43.3 Å². The molecule has 0 aliphatic rings. The third-order valence-electron chi connectivity index (χ3n) is 4.55. The number of aryl methyl sites for hydroxylation is 1. The zero-order valence-corrected chi connectivity index (χ0v) is 18.3. The molecule has 0 bridgehead atoms. The fraction of sp³-hybridized carbons (Fsp3) is 0.300. The summed E-state index contributed by atoms with van der Waals surface area (Å²) in [6, 6.07) is 9.48. The van der Waals surface area contributed by atoms with Crippen molar-refractivity contribution in [3.8, 4) is 11.5 Å². The molecule has 0 atom stereocenters. The highest BCUT2D eigenvalue weighted by Crippen LogP contribution is 2.35. The van der Waals surface area contributed by atoms with Crippen molar-refractivity contribution in [2.24, 2.45) is 4.99 Å². The number of methoxy groups -OCH3 is 2. The molecule has 3 aromatic rings. The van der Waals surface area contributed by atoms with Gasteiger partial charge in [-0.1, -0.05) is 18.3 Å². The second-order valence-corrected chi connectivity index (χ2v) is 9.38. The van der Waals surface area contributed by atoms with Gasteiger partial charge < -0.3 is 14.0 Å². The molecule has 0 aliphatic carbocycles. The van der Waals surface area contributed by atoms with Crippen LogP contribution < -0.4 is 14.3 Å². The van der Waals surface area contributed by atoms with Crippen LogP contribution in [0.3, 0.4) is 0 Å². The average molecular weight is 435 g/mol. The minimum atomic E-state index is -3.31. The molecule has 0 aliphatic heterocycles. The highest BCUT2D eigenvalue weighted by atomic mass is 32.2. The zero-order valence-electron chi connectivity index (χ0n) is 16.6. The molecule has 2 aromatic carbocycles. The van der Waals surface area contributed by atoms with Crippen molar-refractivity contribution in [2.75, 3.05) is 20.0 Å². The monoisotopic (exact) mass is 434 g/mol. The first-order valence-electron chi connectivity index (χ1n) is 9.02. The Bertz CT molecular complexity index is 1220. The number of hydrogen-bond acceptors (Lipinski definition) is 6. The van der Waals surface area contributed by atoms with E-state index in [2.05, 4.69) is 4.99 Å². The van der Waals surface area contributed by atoms with Crippen LogP contribution in [0.1, 0.15) is 24.2 Å². The number of amides is 1. The Morgan fingerprint density at radius 2 is 1.66 bits per heavy atom. The minimum absolute atomic E-state index is 0.00657. The van der Waals surface area contributed by atoms with Gasteiger partial charge in [-0.2, -0.15) is 4.99 Å². The Hall–Kier alpha value is -2.65. The van der Waals surface area contributed by atoms with Crippen molar-refractivity contribution in [1.82, 2.24) is 4.57 Å². The summed E-state index contributed by atoms with van der Waals surface area (Å²) in [7, 11) is -0.136. The fourth-order valence-corrected chi connectivity index (χ4v) is 5.04. The third kappa shape index (κ3) is 3.92. The van der Waals surface area contributed by atoms with Crippen LogP contribution in [0.25, 0.3) is 10.2 Å². The van der Waals surface area contributed by atoms with E-state index >= 15 is 0 Å². The van der Waals surface area contributed by atoms with E-state index < -0.39 is 15.7 Å². The van der Waals surface area contributed by atoms with Crippen LogP contribution in [0.4, 0.5) is 0 Å². The van der Waals surface area contributed by atoms with E-state index in [0.29, 0.717) is 28.4 Å². The second kappa shape index (κ2) is 8.38. The molecule has 0 saturated carbocycles. The molecule has 7 nitrogen and oxygen atoms in total. The van der Waals surface area contributed by atoms with E-state index in [0.717, 1.165) is 10.2 Å². The Kier molecular flexibility index (Phi) is 6.09. The molecule has 154 valence electrons. The Morgan fingerprint density at radius 1 is 1.03 bits per heavy atom. The molecule has 1 heterocycles.